The van der Waals surface area contributed by atoms with Crippen molar-refractivity contribution in [3.05, 3.63) is 54.7 Å². The van der Waals surface area contributed by atoms with Crippen molar-refractivity contribution >= 4 is 10.9 Å². The second-order valence-electron chi connectivity index (χ2n) is 6.82. The van der Waals surface area contributed by atoms with E-state index in [4.69, 9.17) is 4.74 Å². The lowest BCUT2D eigenvalue weighted by Crippen LogP contribution is -2.40. The molecule has 3 saturated heterocycles. The summed E-state index contributed by atoms with van der Waals surface area (Å²) in [5.74, 6) is 1.28. The zero-order valence-electron chi connectivity index (χ0n) is 13.7. The predicted octanol–water partition coefficient (Wildman–Crippen LogP) is 3.82. The normalized spacial score (nSPS) is 33.5. The molecule has 2 bridgehead atoms. The van der Waals surface area contributed by atoms with E-state index in [9.17, 15) is 0 Å². The molecule has 0 aliphatic carbocycles. The largest absolute Gasteiger partial charge is 0.379 e. The van der Waals surface area contributed by atoms with Crippen LogP contribution in [0.25, 0.3) is 10.9 Å². The molecule has 5 rings (SSSR count). The summed E-state index contributed by atoms with van der Waals surface area (Å²) in [6, 6.07) is 10.9. The van der Waals surface area contributed by atoms with Gasteiger partial charge in [0.15, 0.2) is 0 Å². The third kappa shape index (κ3) is 2.48. The molecule has 1 aromatic carbocycles. The molecule has 3 aliphatic rings. The highest BCUT2D eigenvalue weighted by atomic mass is 16.5. The van der Waals surface area contributed by atoms with Gasteiger partial charge in [-0.15, -0.1) is 6.58 Å². The van der Waals surface area contributed by atoms with Gasteiger partial charge in [0, 0.05) is 25.2 Å². The summed E-state index contributed by atoms with van der Waals surface area (Å²) < 4.78 is 5.96. The van der Waals surface area contributed by atoms with Crippen LogP contribution in [0.15, 0.2) is 49.2 Å². The maximum Gasteiger partial charge on any atom is 0.0771 e. The van der Waals surface area contributed by atoms with Gasteiger partial charge in [-0.2, -0.15) is 0 Å². The van der Waals surface area contributed by atoms with Crippen molar-refractivity contribution in [1.82, 2.24) is 9.88 Å². The van der Waals surface area contributed by atoms with Crippen molar-refractivity contribution in [2.24, 2.45) is 11.8 Å². The number of pyridine rings is 1. The highest BCUT2D eigenvalue weighted by Gasteiger charge is 2.42. The van der Waals surface area contributed by atoms with Crippen molar-refractivity contribution in [2.75, 3.05) is 20.2 Å². The molecule has 0 saturated carbocycles. The lowest BCUT2D eigenvalue weighted by Gasteiger charge is -2.37. The fraction of sp³-hybridized carbons (Fsp3) is 0.450. The van der Waals surface area contributed by atoms with Crippen molar-refractivity contribution < 1.29 is 4.74 Å². The van der Waals surface area contributed by atoms with Gasteiger partial charge >= 0.3 is 0 Å². The molecule has 3 fully saturated rings. The maximum absolute atomic E-state index is 5.96. The quantitative estimate of drug-likeness (QED) is 0.806. The summed E-state index contributed by atoms with van der Waals surface area (Å²) in [7, 11) is 1.86. The molecule has 1 unspecified atom stereocenters. The van der Waals surface area contributed by atoms with Crippen LogP contribution in [-0.2, 0) is 4.74 Å². The van der Waals surface area contributed by atoms with Crippen LogP contribution in [-0.4, -0.2) is 36.2 Å². The molecule has 3 nitrogen and oxygen atoms in total. The second-order valence-corrected chi connectivity index (χ2v) is 6.82. The van der Waals surface area contributed by atoms with Crippen LogP contribution in [0.2, 0.25) is 0 Å². The topological polar surface area (TPSA) is 25.4 Å². The minimum atomic E-state index is 0.234. The van der Waals surface area contributed by atoms with Gasteiger partial charge in [-0.1, -0.05) is 24.3 Å². The molecular formula is C20H24N2O. The number of benzene rings is 1. The first kappa shape index (κ1) is 14.9. The minimum Gasteiger partial charge on any atom is -0.379 e. The van der Waals surface area contributed by atoms with Crippen LogP contribution in [0, 0.1) is 11.8 Å². The Hall–Kier alpha value is -1.71. The molecule has 3 aliphatic heterocycles. The van der Waals surface area contributed by atoms with Crippen LogP contribution in [0.1, 0.15) is 24.4 Å². The van der Waals surface area contributed by atoms with E-state index >= 15 is 0 Å². The predicted molar refractivity (Wildman–Crippen MR) is 93.3 cm³/mol. The van der Waals surface area contributed by atoms with Gasteiger partial charge in [0.1, 0.15) is 0 Å². The molecule has 23 heavy (non-hydrogen) atoms. The van der Waals surface area contributed by atoms with Crippen LogP contribution in [0.3, 0.4) is 0 Å². The number of methoxy groups -OCH3 is 1. The molecule has 0 radical (unpaired) electrons. The number of aromatic nitrogens is 1. The Morgan fingerprint density at radius 3 is 3.00 bits per heavy atom. The fourth-order valence-electron chi connectivity index (χ4n) is 4.53. The summed E-state index contributed by atoms with van der Waals surface area (Å²) >= 11 is 0. The molecule has 0 spiro atoms. The first-order valence-electron chi connectivity index (χ1n) is 8.55. The number of fused-ring (bicyclic) bond motifs is 5. The Bertz CT molecular complexity index is 708. The van der Waals surface area contributed by atoms with Crippen LogP contribution in [0.5, 0.6) is 0 Å². The molecule has 0 amide bonds. The standard InChI is InChI=1S/C20H24N2O/c1-3-14-13-22-11-9-15(14)12-19(23-2)20(22)17-8-10-21-18-7-5-4-6-16(17)18/h3-8,10,14-15,19-20H,1,9,11-13H2,2H3/t14-,15-,19-,20+/m0/s1. The summed E-state index contributed by atoms with van der Waals surface area (Å²) in [5, 5.41) is 1.25. The zero-order valence-corrected chi connectivity index (χ0v) is 13.7. The lowest BCUT2D eigenvalue weighted by molar-refractivity contribution is 0.0263. The average molecular weight is 308 g/mol. The van der Waals surface area contributed by atoms with Crippen molar-refractivity contribution in [2.45, 2.75) is 25.0 Å². The SMILES string of the molecule is C=C[C@H]1CN2CC[C@H]1C[C@H](OC)[C@H]2c1ccnc2ccccc12. The second kappa shape index (κ2) is 6.06. The minimum absolute atomic E-state index is 0.234. The molecule has 2 aromatic rings. The molecular weight excluding hydrogens is 284 g/mol. The van der Waals surface area contributed by atoms with E-state index in [-0.39, 0.29) is 6.10 Å². The van der Waals surface area contributed by atoms with Gasteiger partial charge in [-0.25, -0.2) is 0 Å². The molecule has 3 heteroatoms. The van der Waals surface area contributed by atoms with Gasteiger partial charge in [0.25, 0.3) is 0 Å². The maximum atomic E-state index is 5.96. The number of hydrogen-bond donors (Lipinski definition) is 0. The Kier molecular flexibility index (Phi) is 3.92. The number of nitrogens with zero attached hydrogens (tertiary/aromatic N) is 2. The summed E-state index contributed by atoms with van der Waals surface area (Å²) in [5.41, 5.74) is 2.42. The molecule has 5 atom stereocenters. The van der Waals surface area contributed by atoms with Crippen LogP contribution in [0.4, 0.5) is 0 Å². The van der Waals surface area contributed by atoms with Gasteiger partial charge < -0.3 is 4.74 Å². The van der Waals surface area contributed by atoms with Crippen molar-refractivity contribution in [3.63, 3.8) is 0 Å². The van der Waals surface area contributed by atoms with Gasteiger partial charge in [0.2, 0.25) is 0 Å². The van der Waals surface area contributed by atoms with Gasteiger partial charge in [-0.05, 0) is 48.9 Å². The summed E-state index contributed by atoms with van der Waals surface area (Å²) in [6.45, 7) is 6.31. The van der Waals surface area contributed by atoms with Crippen LogP contribution >= 0.6 is 0 Å². The average Bonchev–Trinajstić information content (AvgIpc) is 2.88. The molecule has 120 valence electrons. The number of hydrogen-bond acceptors (Lipinski definition) is 3. The first-order valence-corrected chi connectivity index (χ1v) is 8.55. The highest BCUT2D eigenvalue weighted by Crippen LogP contribution is 2.43. The molecule has 1 aromatic heterocycles. The number of ether oxygens (including phenoxy) is 1. The Balaban J connectivity index is 1.83. The Morgan fingerprint density at radius 2 is 2.17 bits per heavy atom. The lowest BCUT2D eigenvalue weighted by atomic mass is 9.84. The van der Waals surface area contributed by atoms with E-state index in [0.29, 0.717) is 17.9 Å². The monoisotopic (exact) mass is 308 g/mol. The van der Waals surface area contributed by atoms with Gasteiger partial charge in [0.05, 0.1) is 17.7 Å². The Labute approximate surface area is 138 Å². The molecule has 4 heterocycles. The van der Waals surface area contributed by atoms with E-state index in [0.717, 1.165) is 25.0 Å². The zero-order chi connectivity index (χ0) is 15.8. The first-order chi connectivity index (χ1) is 11.3. The number of para-hydroxylation sites is 1. The number of piperidine rings is 1. The van der Waals surface area contributed by atoms with E-state index in [1.54, 1.807) is 0 Å². The van der Waals surface area contributed by atoms with E-state index < -0.39 is 0 Å². The van der Waals surface area contributed by atoms with Crippen LogP contribution < -0.4 is 0 Å². The highest BCUT2D eigenvalue weighted by molar-refractivity contribution is 5.82. The molecule has 0 N–H and O–H groups in total. The summed E-state index contributed by atoms with van der Waals surface area (Å²) in [6.07, 6.45) is 6.68. The smallest absolute Gasteiger partial charge is 0.0771 e. The van der Waals surface area contributed by atoms with E-state index in [2.05, 4.69) is 52.9 Å². The van der Waals surface area contributed by atoms with Gasteiger partial charge in [-0.3, -0.25) is 9.88 Å². The third-order valence-electron chi connectivity index (χ3n) is 5.73. The Morgan fingerprint density at radius 1 is 1.30 bits per heavy atom. The fourth-order valence-corrected chi connectivity index (χ4v) is 4.53. The third-order valence-corrected chi connectivity index (χ3v) is 5.73. The van der Waals surface area contributed by atoms with Crippen molar-refractivity contribution in [3.8, 4) is 0 Å². The number of rotatable bonds is 3. The van der Waals surface area contributed by atoms with Crippen molar-refractivity contribution in [1.29, 1.82) is 0 Å². The van der Waals surface area contributed by atoms with E-state index in [1.807, 2.05) is 13.3 Å². The van der Waals surface area contributed by atoms with E-state index in [1.165, 1.54) is 17.4 Å². The summed E-state index contributed by atoms with van der Waals surface area (Å²) in [4.78, 5) is 7.13.